The van der Waals surface area contributed by atoms with Crippen molar-refractivity contribution in [3.8, 4) is 0 Å². The molecule has 1 heterocycles. The number of nitrogens with two attached hydrogens (primary N) is 1. The Morgan fingerprint density at radius 2 is 0.929 bits per heavy atom. The van der Waals surface area contributed by atoms with Crippen LogP contribution in [0.1, 0.15) is 103 Å². The van der Waals surface area contributed by atoms with Gasteiger partial charge in [-0.1, -0.05) is 64.2 Å². The molecule has 0 amide bonds. The van der Waals surface area contributed by atoms with Gasteiger partial charge in [0.2, 0.25) is 0 Å². The van der Waals surface area contributed by atoms with Gasteiger partial charge in [-0.3, -0.25) is 0 Å². The van der Waals surface area contributed by atoms with Crippen LogP contribution in [-0.4, -0.2) is 44.2 Å². The maximum atomic E-state index is 5.53. The lowest BCUT2D eigenvalue weighted by Gasteiger charge is -2.22. The summed E-state index contributed by atoms with van der Waals surface area (Å²) < 4.78 is 0. The fourth-order valence-corrected chi connectivity index (χ4v) is 3.88. The van der Waals surface area contributed by atoms with E-state index in [1.54, 1.807) is 0 Å². The first-order valence-corrected chi connectivity index (χ1v) is 11.6. The maximum absolute atomic E-state index is 5.53. The molecule has 0 spiro atoms. The lowest BCUT2D eigenvalue weighted by atomic mass is 10.1. The van der Waals surface area contributed by atoms with Crippen molar-refractivity contribution in [2.75, 3.05) is 39.3 Å². The second-order valence-corrected chi connectivity index (χ2v) is 8.04. The Morgan fingerprint density at radius 1 is 0.536 bits per heavy atom. The maximum Gasteiger partial charge on any atom is -0.00183 e. The van der Waals surface area contributed by atoms with E-state index in [0.29, 0.717) is 0 Å². The van der Waals surface area contributed by atoms with Crippen LogP contribution in [0.15, 0.2) is 0 Å². The molecule has 1 fully saturated rings. The molecule has 6 heteroatoms. The van der Waals surface area contributed by atoms with Gasteiger partial charge in [-0.2, -0.15) is 0 Å². The molecule has 1 rings (SSSR count). The van der Waals surface area contributed by atoms with E-state index in [0.717, 1.165) is 19.5 Å². The number of rotatable bonds is 9. The van der Waals surface area contributed by atoms with Crippen molar-refractivity contribution in [3.05, 3.63) is 0 Å². The number of nitrogens with zero attached hydrogens (tertiary/aromatic N) is 1. The molecule has 1 saturated heterocycles. The highest BCUT2D eigenvalue weighted by Crippen LogP contribution is 2.14. The molecule has 0 radical (unpaired) electrons. The lowest BCUT2D eigenvalue weighted by Crippen LogP contribution is -2.28. The highest BCUT2D eigenvalue weighted by Gasteiger charge is 2.05. The Bertz CT molecular complexity index is 255. The van der Waals surface area contributed by atoms with Gasteiger partial charge in [0.1, 0.15) is 0 Å². The Balaban J connectivity index is -0.00000208. The molecule has 1 aliphatic rings. The average Bonchev–Trinajstić information content (AvgIpc) is 2.63. The summed E-state index contributed by atoms with van der Waals surface area (Å²) in [6.45, 7) is 7.13. The summed E-state index contributed by atoms with van der Waals surface area (Å²) in [6.07, 6.45) is 22.5. The van der Waals surface area contributed by atoms with Gasteiger partial charge >= 0.3 is 0 Å². The van der Waals surface area contributed by atoms with Gasteiger partial charge < -0.3 is 16.0 Å². The number of unbranched alkanes of at least 4 members (excludes halogenated alkanes) is 2. The van der Waals surface area contributed by atoms with Gasteiger partial charge in [-0.25, -0.2) is 0 Å². The van der Waals surface area contributed by atoms with Gasteiger partial charge in [-0.15, -0.1) is 37.2 Å². The van der Waals surface area contributed by atoms with Crippen molar-refractivity contribution >= 4 is 37.2 Å². The van der Waals surface area contributed by atoms with E-state index in [2.05, 4.69) is 10.2 Å². The second-order valence-electron chi connectivity index (χ2n) is 8.04. The summed E-state index contributed by atoms with van der Waals surface area (Å²) in [5.41, 5.74) is 5.53. The van der Waals surface area contributed by atoms with Crippen LogP contribution in [0, 0.1) is 0 Å². The van der Waals surface area contributed by atoms with Crippen LogP contribution in [0.3, 0.4) is 0 Å². The molecule has 0 aliphatic carbocycles. The molecule has 0 unspecified atom stereocenters. The Morgan fingerprint density at radius 3 is 1.36 bits per heavy atom. The zero-order valence-electron chi connectivity index (χ0n) is 18.3. The molecule has 174 valence electrons. The molecule has 1 aliphatic heterocycles. The third-order valence-electron chi connectivity index (χ3n) is 5.58. The molecule has 0 aromatic carbocycles. The minimum atomic E-state index is 0. The Kier molecular flexibility index (Phi) is 33.1. The highest BCUT2D eigenvalue weighted by atomic mass is 35.5. The Labute approximate surface area is 195 Å². The van der Waals surface area contributed by atoms with E-state index in [4.69, 9.17) is 5.73 Å². The molecular formula is C22H50Cl3N3. The van der Waals surface area contributed by atoms with Crippen LogP contribution < -0.4 is 11.1 Å². The van der Waals surface area contributed by atoms with Crippen LogP contribution in [0.25, 0.3) is 0 Å². The number of hydrogen-bond acceptors (Lipinski definition) is 3. The smallest absolute Gasteiger partial charge is 0.00183 e. The average molecular weight is 463 g/mol. The first-order chi connectivity index (χ1) is 12.4. The van der Waals surface area contributed by atoms with Crippen LogP contribution >= 0.6 is 37.2 Å². The van der Waals surface area contributed by atoms with Gasteiger partial charge in [0, 0.05) is 0 Å². The Hall–Kier alpha value is 0.750. The summed E-state index contributed by atoms with van der Waals surface area (Å²) in [6, 6.07) is 0. The van der Waals surface area contributed by atoms with Crippen LogP contribution in [0.4, 0.5) is 0 Å². The molecule has 0 saturated carbocycles. The van der Waals surface area contributed by atoms with Crippen molar-refractivity contribution in [2.45, 2.75) is 103 Å². The summed E-state index contributed by atoms with van der Waals surface area (Å²) in [5.74, 6) is 0. The summed E-state index contributed by atoms with van der Waals surface area (Å²) in [5, 5.41) is 3.56. The quantitative estimate of drug-likeness (QED) is 0.392. The van der Waals surface area contributed by atoms with E-state index >= 15 is 0 Å². The molecule has 0 atom stereocenters. The standard InChI is InChI=1S/C22H47N3.3ClH/c23-17-11-12-18-24-19-13-16-22-25-20-14-9-7-5-3-1-2-4-6-8-10-15-21-25;;;/h24H,1-23H2;3*1H. The topological polar surface area (TPSA) is 41.3 Å². The monoisotopic (exact) mass is 461 g/mol. The van der Waals surface area contributed by atoms with E-state index in [1.165, 1.54) is 122 Å². The van der Waals surface area contributed by atoms with Gasteiger partial charge in [-0.05, 0) is 77.8 Å². The summed E-state index contributed by atoms with van der Waals surface area (Å²) in [7, 11) is 0. The van der Waals surface area contributed by atoms with Crippen LogP contribution in [0.5, 0.6) is 0 Å². The largest absolute Gasteiger partial charge is 0.330 e. The summed E-state index contributed by atoms with van der Waals surface area (Å²) >= 11 is 0. The fraction of sp³-hybridized carbons (Fsp3) is 1.00. The normalized spacial score (nSPS) is 17.9. The third-order valence-corrected chi connectivity index (χ3v) is 5.58. The van der Waals surface area contributed by atoms with E-state index < -0.39 is 0 Å². The van der Waals surface area contributed by atoms with Crippen molar-refractivity contribution in [1.82, 2.24) is 10.2 Å². The molecule has 3 N–H and O–H groups in total. The van der Waals surface area contributed by atoms with Crippen LogP contribution in [0.2, 0.25) is 0 Å². The van der Waals surface area contributed by atoms with Gasteiger partial charge in [0.05, 0.1) is 0 Å². The van der Waals surface area contributed by atoms with Gasteiger partial charge in [0.15, 0.2) is 0 Å². The first kappa shape index (κ1) is 33.4. The van der Waals surface area contributed by atoms with Gasteiger partial charge in [0.25, 0.3) is 0 Å². The fourth-order valence-electron chi connectivity index (χ4n) is 3.88. The number of hydrogen-bond donors (Lipinski definition) is 2. The minimum absolute atomic E-state index is 0. The molecule has 0 aromatic heterocycles. The van der Waals surface area contributed by atoms with E-state index in [-0.39, 0.29) is 37.2 Å². The van der Waals surface area contributed by atoms with Crippen molar-refractivity contribution < 1.29 is 0 Å². The highest BCUT2D eigenvalue weighted by molar-refractivity contribution is 5.86. The molecular weight excluding hydrogens is 413 g/mol. The van der Waals surface area contributed by atoms with Crippen molar-refractivity contribution in [1.29, 1.82) is 0 Å². The second kappa shape index (κ2) is 27.8. The number of nitrogens with one attached hydrogen (secondary N) is 1. The molecule has 28 heavy (non-hydrogen) atoms. The zero-order valence-corrected chi connectivity index (χ0v) is 20.8. The third kappa shape index (κ3) is 23.0. The first-order valence-electron chi connectivity index (χ1n) is 11.6. The molecule has 0 bridgehead atoms. The van der Waals surface area contributed by atoms with Crippen molar-refractivity contribution in [2.24, 2.45) is 5.73 Å². The zero-order chi connectivity index (χ0) is 17.8. The summed E-state index contributed by atoms with van der Waals surface area (Å²) in [4.78, 5) is 2.76. The predicted molar refractivity (Wildman–Crippen MR) is 134 cm³/mol. The van der Waals surface area contributed by atoms with Crippen molar-refractivity contribution in [3.63, 3.8) is 0 Å². The predicted octanol–water partition coefficient (Wildman–Crippen LogP) is 6.36. The van der Waals surface area contributed by atoms with Crippen LogP contribution in [-0.2, 0) is 0 Å². The minimum Gasteiger partial charge on any atom is -0.330 e. The molecule has 0 aromatic rings. The lowest BCUT2D eigenvalue weighted by molar-refractivity contribution is 0.255. The van der Waals surface area contributed by atoms with E-state index in [1.807, 2.05) is 0 Å². The SMILES string of the molecule is Cl.Cl.Cl.NCCCCNCCCCN1CCCCCCCCCCCCCC1. The van der Waals surface area contributed by atoms with E-state index in [9.17, 15) is 0 Å². The number of halogens is 3. The molecule has 3 nitrogen and oxygen atoms in total.